The summed E-state index contributed by atoms with van der Waals surface area (Å²) in [6.45, 7) is 5.79. The summed E-state index contributed by atoms with van der Waals surface area (Å²) < 4.78 is 5.41. The Bertz CT molecular complexity index is 148. The van der Waals surface area contributed by atoms with Crippen LogP contribution in [0.25, 0.3) is 0 Å². The summed E-state index contributed by atoms with van der Waals surface area (Å²) >= 11 is 0. The first-order valence-corrected chi connectivity index (χ1v) is 5.97. The molecule has 0 aromatic heterocycles. The number of aliphatic hydroxyl groups is 1. The van der Waals surface area contributed by atoms with E-state index < -0.39 is 5.60 Å². The third-order valence-corrected chi connectivity index (χ3v) is 3.33. The third-order valence-electron chi connectivity index (χ3n) is 3.33. The lowest BCUT2D eigenvalue weighted by Gasteiger charge is -2.35. The van der Waals surface area contributed by atoms with Gasteiger partial charge in [0.05, 0.1) is 12.2 Å². The average molecular weight is 200 g/mol. The van der Waals surface area contributed by atoms with E-state index in [2.05, 4.69) is 6.92 Å². The molecule has 1 fully saturated rings. The molecular formula is C12H24O2. The van der Waals surface area contributed by atoms with E-state index in [1.165, 1.54) is 12.8 Å². The highest BCUT2D eigenvalue weighted by Crippen LogP contribution is 2.30. The van der Waals surface area contributed by atoms with Gasteiger partial charge in [-0.05, 0) is 26.2 Å². The normalized spacial score (nSPS) is 27.2. The van der Waals surface area contributed by atoms with Crippen LogP contribution in [0.4, 0.5) is 0 Å². The molecular weight excluding hydrogens is 176 g/mol. The van der Waals surface area contributed by atoms with E-state index in [0.29, 0.717) is 5.92 Å². The monoisotopic (exact) mass is 200 g/mol. The summed E-state index contributed by atoms with van der Waals surface area (Å²) in [6.07, 6.45) is 6.74. The Morgan fingerprint density at radius 3 is 2.79 bits per heavy atom. The zero-order valence-corrected chi connectivity index (χ0v) is 9.59. The van der Waals surface area contributed by atoms with Crippen LogP contribution in [-0.2, 0) is 4.74 Å². The Labute approximate surface area is 87.7 Å². The van der Waals surface area contributed by atoms with Gasteiger partial charge in [-0.3, -0.25) is 0 Å². The second kappa shape index (κ2) is 5.72. The van der Waals surface area contributed by atoms with Crippen molar-refractivity contribution in [2.24, 2.45) is 5.92 Å². The van der Waals surface area contributed by atoms with Gasteiger partial charge in [-0.25, -0.2) is 0 Å². The summed E-state index contributed by atoms with van der Waals surface area (Å²) in [5.41, 5.74) is -0.504. The maximum Gasteiger partial charge on any atom is 0.0669 e. The maximum absolute atomic E-state index is 10.3. The highest BCUT2D eigenvalue weighted by molar-refractivity contribution is 4.83. The van der Waals surface area contributed by atoms with Crippen LogP contribution < -0.4 is 0 Å². The molecule has 0 amide bonds. The molecule has 84 valence electrons. The van der Waals surface area contributed by atoms with Crippen LogP contribution >= 0.6 is 0 Å². The number of hydrogen-bond acceptors (Lipinski definition) is 2. The number of rotatable bonds is 5. The minimum absolute atomic E-state index is 0.355. The van der Waals surface area contributed by atoms with Gasteiger partial charge in [-0.2, -0.15) is 0 Å². The molecule has 1 aliphatic rings. The summed E-state index contributed by atoms with van der Waals surface area (Å²) in [5, 5.41) is 10.3. The smallest absolute Gasteiger partial charge is 0.0669 e. The molecule has 0 radical (unpaired) electrons. The Kier molecular flexibility index (Phi) is 4.90. The van der Waals surface area contributed by atoms with Crippen molar-refractivity contribution < 1.29 is 9.84 Å². The lowest BCUT2D eigenvalue weighted by atomic mass is 9.81. The first kappa shape index (κ1) is 12.0. The van der Waals surface area contributed by atoms with Crippen molar-refractivity contribution in [1.82, 2.24) is 0 Å². The van der Waals surface area contributed by atoms with Crippen molar-refractivity contribution >= 4 is 0 Å². The Hall–Kier alpha value is -0.0800. The lowest BCUT2D eigenvalue weighted by Crippen LogP contribution is -2.39. The molecule has 2 nitrogen and oxygen atoms in total. The second-order valence-electron chi connectivity index (χ2n) is 4.73. The van der Waals surface area contributed by atoms with Gasteiger partial charge < -0.3 is 9.84 Å². The van der Waals surface area contributed by atoms with Gasteiger partial charge in [0.1, 0.15) is 0 Å². The summed E-state index contributed by atoms with van der Waals surface area (Å²) in [6, 6.07) is 0. The molecule has 1 rings (SSSR count). The number of ether oxygens (including phenoxy) is 1. The van der Waals surface area contributed by atoms with Gasteiger partial charge in [0.2, 0.25) is 0 Å². The van der Waals surface area contributed by atoms with Crippen molar-refractivity contribution in [3.8, 4) is 0 Å². The fourth-order valence-electron chi connectivity index (χ4n) is 2.17. The molecule has 2 unspecified atom stereocenters. The minimum Gasteiger partial charge on any atom is -0.390 e. The van der Waals surface area contributed by atoms with Crippen molar-refractivity contribution in [2.75, 3.05) is 13.2 Å². The first-order valence-electron chi connectivity index (χ1n) is 5.97. The fraction of sp³-hybridized carbons (Fsp3) is 1.00. The molecule has 0 aromatic rings. The highest BCUT2D eigenvalue weighted by atomic mass is 16.5. The maximum atomic E-state index is 10.3. The van der Waals surface area contributed by atoms with E-state index in [-0.39, 0.29) is 0 Å². The van der Waals surface area contributed by atoms with Gasteiger partial charge in [-0.15, -0.1) is 0 Å². The topological polar surface area (TPSA) is 29.5 Å². The zero-order valence-electron chi connectivity index (χ0n) is 9.59. The largest absolute Gasteiger partial charge is 0.390 e. The van der Waals surface area contributed by atoms with Crippen molar-refractivity contribution in [1.29, 1.82) is 0 Å². The van der Waals surface area contributed by atoms with Crippen LogP contribution in [0.3, 0.4) is 0 Å². The molecule has 0 saturated carbocycles. The van der Waals surface area contributed by atoms with Crippen molar-refractivity contribution in [2.45, 2.75) is 58.0 Å². The van der Waals surface area contributed by atoms with Gasteiger partial charge >= 0.3 is 0 Å². The van der Waals surface area contributed by atoms with E-state index in [1.54, 1.807) is 0 Å². The van der Waals surface area contributed by atoms with E-state index >= 15 is 0 Å². The quantitative estimate of drug-likeness (QED) is 0.691. The van der Waals surface area contributed by atoms with E-state index in [0.717, 1.165) is 38.9 Å². The number of unbranched alkanes of at least 4 members (excludes halogenated alkanes) is 2. The molecule has 1 heterocycles. The molecule has 0 aliphatic carbocycles. The van der Waals surface area contributed by atoms with Crippen LogP contribution in [0.1, 0.15) is 52.4 Å². The summed E-state index contributed by atoms with van der Waals surface area (Å²) in [7, 11) is 0. The predicted octanol–water partition coefficient (Wildman–Crippen LogP) is 2.74. The molecule has 2 heteroatoms. The van der Waals surface area contributed by atoms with Crippen LogP contribution in [0.5, 0.6) is 0 Å². The molecule has 1 N–H and O–H groups in total. The molecule has 14 heavy (non-hydrogen) atoms. The van der Waals surface area contributed by atoms with Crippen LogP contribution in [0, 0.1) is 5.92 Å². The number of hydrogen-bond donors (Lipinski definition) is 1. The average Bonchev–Trinajstić information content (AvgIpc) is 2.19. The SMILES string of the molecule is CCCCCC(C)(O)C1CCCOC1. The van der Waals surface area contributed by atoms with Crippen LogP contribution in [0.2, 0.25) is 0 Å². The van der Waals surface area contributed by atoms with Gasteiger partial charge in [0, 0.05) is 12.5 Å². The highest BCUT2D eigenvalue weighted by Gasteiger charge is 2.32. The second-order valence-corrected chi connectivity index (χ2v) is 4.73. The van der Waals surface area contributed by atoms with E-state index in [1.807, 2.05) is 6.92 Å². The Morgan fingerprint density at radius 1 is 1.43 bits per heavy atom. The van der Waals surface area contributed by atoms with Crippen LogP contribution in [-0.4, -0.2) is 23.9 Å². The standard InChI is InChI=1S/C12H24O2/c1-3-4-5-8-12(2,13)11-7-6-9-14-10-11/h11,13H,3-10H2,1-2H3. The van der Waals surface area contributed by atoms with Gasteiger partial charge in [0.15, 0.2) is 0 Å². The molecule has 1 aliphatic heterocycles. The Morgan fingerprint density at radius 2 is 2.21 bits per heavy atom. The summed E-state index contributed by atoms with van der Waals surface area (Å²) in [5.74, 6) is 0.355. The molecule has 2 atom stereocenters. The molecule has 0 bridgehead atoms. The van der Waals surface area contributed by atoms with Crippen molar-refractivity contribution in [3.05, 3.63) is 0 Å². The van der Waals surface area contributed by atoms with Gasteiger partial charge in [0.25, 0.3) is 0 Å². The molecule has 0 aromatic carbocycles. The van der Waals surface area contributed by atoms with E-state index in [4.69, 9.17) is 4.74 Å². The van der Waals surface area contributed by atoms with Crippen molar-refractivity contribution in [3.63, 3.8) is 0 Å². The Balaban J connectivity index is 2.29. The summed E-state index contributed by atoms with van der Waals surface area (Å²) in [4.78, 5) is 0. The minimum atomic E-state index is -0.504. The zero-order chi connectivity index (χ0) is 10.4. The van der Waals surface area contributed by atoms with Crippen LogP contribution in [0.15, 0.2) is 0 Å². The molecule has 0 spiro atoms. The molecule has 1 saturated heterocycles. The predicted molar refractivity (Wildman–Crippen MR) is 58.3 cm³/mol. The lowest BCUT2D eigenvalue weighted by molar-refractivity contribution is -0.0732. The third kappa shape index (κ3) is 3.58. The fourth-order valence-corrected chi connectivity index (χ4v) is 2.17. The van der Waals surface area contributed by atoms with E-state index in [9.17, 15) is 5.11 Å². The van der Waals surface area contributed by atoms with Gasteiger partial charge in [-0.1, -0.05) is 26.2 Å². The first-order chi connectivity index (χ1) is 6.67.